The van der Waals surface area contributed by atoms with Gasteiger partial charge in [0.15, 0.2) is 0 Å². The molecule has 0 aliphatic heterocycles. The molecule has 0 spiro atoms. The summed E-state index contributed by atoms with van der Waals surface area (Å²) < 4.78 is 53.0. The van der Waals surface area contributed by atoms with Gasteiger partial charge in [0, 0.05) is 0 Å². The van der Waals surface area contributed by atoms with E-state index in [-0.39, 0.29) is 21.4 Å². The normalized spacial score (nSPS) is 11.4. The van der Waals surface area contributed by atoms with Crippen molar-refractivity contribution in [2.24, 2.45) is 0 Å². The third-order valence-electron chi connectivity index (χ3n) is 4.35. The molecule has 0 atom stereocenters. The topological polar surface area (TPSA) is 163 Å². The number of benzene rings is 2. The van der Waals surface area contributed by atoms with Crippen LogP contribution in [0, 0.1) is 13.8 Å². The van der Waals surface area contributed by atoms with Crippen LogP contribution in [0.4, 0.5) is 21.2 Å². The monoisotopic (exact) mass is 503 g/mol. The molecule has 0 fully saturated rings. The summed E-state index contributed by atoms with van der Waals surface area (Å²) in [5, 5.41) is 4.48. The number of amides is 4. The van der Waals surface area contributed by atoms with Gasteiger partial charge in [-0.05, 0) is 50.2 Å². The molecule has 0 aliphatic carbocycles. The quantitative estimate of drug-likeness (QED) is 0.402. The zero-order valence-corrected chi connectivity index (χ0v) is 19.7. The van der Waals surface area contributed by atoms with E-state index in [9.17, 15) is 26.4 Å². The Labute approximate surface area is 196 Å². The van der Waals surface area contributed by atoms with E-state index >= 15 is 0 Å². The molecule has 11 nitrogen and oxygen atoms in total. The highest BCUT2D eigenvalue weighted by molar-refractivity contribution is 7.90. The Morgan fingerprint density at radius 2 is 0.971 bits per heavy atom. The molecule has 0 bridgehead atoms. The van der Waals surface area contributed by atoms with Gasteiger partial charge in [0.1, 0.15) is 11.6 Å². The van der Waals surface area contributed by atoms with Crippen LogP contribution in [0.5, 0.6) is 0 Å². The lowest BCUT2D eigenvalue weighted by Crippen LogP contribution is -2.35. The van der Waals surface area contributed by atoms with E-state index in [1.54, 1.807) is 38.1 Å². The van der Waals surface area contributed by atoms with Gasteiger partial charge < -0.3 is 0 Å². The molecular weight excluding hydrogens is 482 g/mol. The Balaban J connectivity index is 1.63. The summed E-state index contributed by atoms with van der Waals surface area (Å²) in [6, 6.07) is 13.8. The number of rotatable bonds is 6. The summed E-state index contributed by atoms with van der Waals surface area (Å²) in [6.45, 7) is 3.59. The number of nitrogens with zero attached hydrogens (tertiary/aromatic N) is 1. The van der Waals surface area contributed by atoms with E-state index in [1.807, 2.05) is 9.44 Å². The van der Waals surface area contributed by atoms with Crippen molar-refractivity contribution in [3.63, 3.8) is 0 Å². The number of pyridine rings is 1. The Kier molecular flexibility index (Phi) is 7.17. The zero-order chi connectivity index (χ0) is 24.9. The van der Waals surface area contributed by atoms with Gasteiger partial charge in [0.2, 0.25) is 0 Å². The SMILES string of the molecule is Cc1ccc(S(=O)(=O)NC(=O)Nc2cccc(NC(=O)NS(=O)(=O)c3ccc(C)cc3)n2)cc1. The van der Waals surface area contributed by atoms with E-state index in [0.717, 1.165) is 11.1 Å². The second kappa shape index (κ2) is 9.89. The summed E-state index contributed by atoms with van der Waals surface area (Å²) >= 11 is 0. The fourth-order valence-corrected chi connectivity index (χ4v) is 4.47. The van der Waals surface area contributed by atoms with Gasteiger partial charge in [-0.1, -0.05) is 41.5 Å². The number of hydrogen-bond donors (Lipinski definition) is 4. The third kappa shape index (κ3) is 6.52. The van der Waals surface area contributed by atoms with Gasteiger partial charge in [0.05, 0.1) is 9.79 Å². The summed E-state index contributed by atoms with van der Waals surface area (Å²) in [7, 11) is -8.22. The maximum Gasteiger partial charge on any atom is 0.334 e. The predicted octanol–water partition coefficient (Wildman–Crippen LogP) is 2.72. The third-order valence-corrected chi connectivity index (χ3v) is 7.04. The lowest BCUT2D eigenvalue weighted by molar-refractivity contribution is 0.255. The summed E-state index contributed by atoms with van der Waals surface area (Å²) in [5.74, 6) is -0.174. The summed E-state index contributed by atoms with van der Waals surface area (Å²) in [5.41, 5.74) is 1.71. The highest BCUT2D eigenvalue weighted by Gasteiger charge is 2.19. The average Bonchev–Trinajstić information content (AvgIpc) is 2.73. The first-order valence-corrected chi connectivity index (χ1v) is 12.7. The van der Waals surface area contributed by atoms with E-state index in [0.29, 0.717) is 0 Å². The fraction of sp³-hybridized carbons (Fsp3) is 0.0952. The molecule has 2 aromatic carbocycles. The molecule has 178 valence electrons. The smallest absolute Gasteiger partial charge is 0.291 e. The number of aromatic nitrogens is 1. The Bertz CT molecular complexity index is 1310. The molecule has 0 aliphatic rings. The number of carbonyl (C=O) groups is 2. The Hall–Kier alpha value is -3.97. The number of aryl methyl sites for hydroxylation is 2. The minimum Gasteiger partial charge on any atom is -0.291 e. The minimum atomic E-state index is -4.11. The molecule has 0 saturated heterocycles. The van der Waals surface area contributed by atoms with Crippen LogP contribution in [0.2, 0.25) is 0 Å². The standard InChI is InChI=1S/C21H21N5O6S2/c1-14-6-10-16(11-7-14)33(29,30)25-20(27)23-18-4-3-5-19(22-18)24-21(28)26-34(31,32)17-12-8-15(2)9-13-17/h3-13H,1-2H3,(H4,22,23,24,25,26,27,28). The van der Waals surface area contributed by atoms with Crippen molar-refractivity contribution in [1.29, 1.82) is 0 Å². The molecule has 4 amide bonds. The highest BCUT2D eigenvalue weighted by atomic mass is 32.2. The number of hydrogen-bond acceptors (Lipinski definition) is 7. The zero-order valence-electron chi connectivity index (χ0n) is 18.1. The van der Waals surface area contributed by atoms with Crippen LogP contribution in [-0.4, -0.2) is 33.9 Å². The number of nitrogens with one attached hydrogen (secondary N) is 4. The van der Waals surface area contributed by atoms with Crippen LogP contribution in [0.1, 0.15) is 11.1 Å². The van der Waals surface area contributed by atoms with Crippen LogP contribution in [-0.2, 0) is 20.0 Å². The molecule has 13 heteroatoms. The lowest BCUT2D eigenvalue weighted by atomic mass is 10.2. The van der Waals surface area contributed by atoms with Gasteiger partial charge in [0.25, 0.3) is 20.0 Å². The summed E-state index contributed by atoms with van der Waals surface area (Å²) in [6.07, 6.45) is 0. The molecule has 4 N–H and O–H groups in total. The largest absolute Gasteiger partial charge is 0.334 e. The molecule has 34 heavy (non-hydrogen) atoms. The van der Waals surface area contributed by atoms with Crippen LogP contribution in [0.25, 0.3) is 0 Å². The molecule has 0 unspecified atom stereocenters. The number of carbonyl (C=O) groups excluding carboxylic acids is 2. The van der Waals surface area contributed by atoms with Crippen molar-refractivity contribution in [3.8, 4) is 0 Å². The van der Waals surface area contributed by atoms with E-state index in [1.165, 1.54) is 42.5 Å². The molecule has 3 rings (SSSR count). The van der Waals surface area contributed by atoms with E-state index < -0.39 is 32.1 Å². The van der Waals surface area contributed by atoms with E-state index in [2.05, 4.69) is 15.6 Å². The molecular formula is C21H21N5O6S2. The maximum atomic E-state index is 12.3. The Morgan fingerprint density at radius 3 is 1.32 bits per heavy atom. The average molecular weight is 504 g/mol. The number of sulfonamides is 2. The second-order valence-electron chi connectivity index (χ2n) is 7.15. The van der Waals surface area contributed by atoms with Gasteiger partial charge in [-0.3, -0.25) is 10.6 Å². The second-order valence-corrected chi connectivity index (χ2v) is 10.5. The molecule has 0 radical (unpaired) electrons. The van der Waals surface area contributed by atoms with Crippen molar-refractivity contribution in [2.75, 3.05) is 10.6 Å². The maximum absolute atomic E-state index is 12.3. The van der Waals surface area contributed by atoms with Crippen molar-refractivity contribution in [2.45, 2.75) is 23.6 Å². The highest BCUT2D eigenvalue weighted by Crippen LogP contribution is 2.13. The van der Waals surface area contributed by atoms with Crippen molar-refractivity contribution in [3.05, 3.63) is 77.9 Å². The lowest BCUT2D eigenvalue weighted by Gasteiger charge is -2.11. The fourth-order valence-electron chi connectivity index (χ4n) is 2.65. The minimum absolute atomic E-state index is 0.0872. The van der Waals surface area contributed by atoms with Gasteiger partial charge >= 0.3 is 12.1 Å². The first-order chi connectivity index (χ1) is 15.9. The molecule has 0 saturated carbocycles. The Morgan fingerprint density at radius 1 is 0.618 bits per heavy atom. The van der Waals surface area contributed by atoms with Crippen LogP contribution >= 0.6 is 0 Å². The molecule has 1 heterocycles. The molecule has 3 aromatic rings. The van der Waals surface area contributed by atoms with Crippen LogP contribution in [0.3, 0.4) is 0 Å². The first kappa shape index (κ1) is 24.7. The number of urea groups is 2. The first-order valence-electron chi connectivity index (χ1n) is 9.73. The number of anilines is 2. The van der Waals surface area contributed by atoms with Gasteiger partial charge in [-0.2, -0.15) is 0 Å². The van der Waals surface area contributed by atoms with Crippen LogP contribution < -0.4 is 20.1 Å². The molecule has 1 aromatic heterocycles. The van der Waals surface area contributed by atoms with Crippen molar-refractivity contribution in [1.82, 2.24) is 14.4 Å². The van der Waals surface area contributed by atoms with Crippen molar-refractivity contribution >= 4 is 43.7 Å². The van der Waals surface area contributed by atoms with Gasteiger partial charge in [-0.15, -0.1) is 0 Å². The summed E-state index contributed by atoms with van der Waals surface area (Å²) in [4.78, 5) is 28.1. The predicted molar refractivity (Wildman–Crippen MR) is 125 cm³/mol. The van der Waals surface area contributed by atoms with E-state index in [4.69, 9.17) is 0 Å². The van der Waals surface area contributed by atoms with Crippen molar-refractivity contribution < 1.29 is 26.4 Å². The van der Waals surface area contributed by atoms with Gasteiger partial charge in [-0.25, -0.2) is 40.9 Å². The van der Waals surface area contributed by atoms with Crippen LogP contribution in [0.15, 0.2) is 76.5 Å².